The highest BCUT2D eigenvalue weighted by molar-refractivity contribution is 5.37. The first-order valence-corrected chi connectivity index (χ1v) is 4.76. The molecule has 98 valence electrons. The molecule has 0 saturated carbocycles. The van der Waals surface area contributed by atoms with Crippen molar-refractivity contribution in [2.24, 2.45) is 5.73 Å². The molecule has 0 aliphatic heterocycles. The molecule has 0 spiro atoms. The van der Waals surface area contributed by atoms with Gasteiger partial charge in [0, 0.05) is 6.54 Å². The first kappa shape index (κ1) is 14.3. The third kappa shape index (κ3) is 2.92. The molecule has 0 atom stereocenters. The predicted octanol–water partition coefficient (Wildman–Crippen LogP) is 2.56. The van der Waals surface area contributed by atoms with Crippen LogP contribution in [0.4, 0.5) is 22.0 Å². The van der Waals surface area contributed by atoms with E-state index >= 15 is 0 Å². The second-order valence-corrected chi connectivity index (χ2v) is 3.37. The molecule has 0 fully saturated rings. The fourth-order valence-corrected chi connectivity index (χ4v) is 1.51. The number of aromatic nitrogens is 1. The number of nitriles is 1. The van der Waals surface area contributed by atoms with Gasteiger partial charge < -0.3 is 5.73 Å². The van der Waals surface area contributed by atoms with E-state index in [4.69, 9.17) is 11.0 Å². The Kier molecular flexibility index (Phi) is 4.19. The Bertz CT molecular complexity index is 476. The number of alkyl halides is 5. The molecule has 1 aromatic heterocycles. The van der Waals surface area contributed by atoms with Crippen LogP contribution >= 0.6 is 0 Å². The van der Waals surface area contributed by atoms with Gasteiger partial charge in [-0.05, 0) is 11.6 Å². The van der Waals surface area contributed by atoms with Gasteiger partial charge in [0.2, 0.25) is 0 Å². The van der Waals surface area contributed by atoms with E-state index in [1.807, 2.05) is 0 Å². The first-order chi connectivity index (χ1) is 8.31. The Balaban J connectivity index is 3.52. The lowest BCUT2D eigenvalue weighted by Crippen LogP contribution is -2.18. The molecule has 0 aromatic carbocycles. The molecule has 1 heterocycles. The highest BCUT2D eigenvalue weighted by Gasteiger charge is 2.37. The van der Waals surface area contributed by atoms with Crippen LogP contribution < -0.4 is 5.73 Å². The monoisotopic (exact) mass is 265 g/mol. The van der Waals surface area contributed by atoms with Crippen LogP contribution in [0.3, 0.4) is 0 Å². The molecule has 18 heavy (non-hydrogen) atoms. The highest BCUT2D eigenvalue weighted by atomic mass is 19.4. The van der Waals surface area contributed by atoms with Crippen LogP contribution in [0.5, 0.6) is 0 Å². The second kappa shape index (κ2) is 5.27. The summed E-state index contributed by atoms with van der Waals surface area (Å²) in [5.74, 6) is 0. The van der Waals surface area contributed by atoms with Crippen molar-refractivity contribution in [2.75, 3.05) is 0 Å². The van der Waals surface area contributed by atoms with Crippen molar-refractivity contribution in [1.82, 2.24) is 4.98 Å². The van der Waals surface area contributed by atoms with Crippen LogP contribution in [0.1, 0.15) is 28.9 Å². The summed E-state index contributed by atoms with van der Waals surface area (Å²) in [7, 11) is 0. The van der Waals surface area contributed by atoms with Gasteiger partial charge in [0.15, 0.2) is 0 Å². The summed E-state index contributed by atoms with van der Waals surface area (Å²) in [4.78, 5) is 3.20. The molecule has 8 heteroatoms. The van der Waals surface area contributed by atoms with E-state index in [1.165, 1.54) is 6.07 Å². The van der Waals surface area contributed by atoms with E-state index in [1.54, 1.807) is 0 Å². The topological polar surface area (TPSA) is 62.7 Å². The van der Waals surface area contributed by atoms with Crippen LogP contribution in [-0.2, 0) is 19.1 Å². The molecule has 1 aromatic rings. The van der Waals surface area contributed by atoms with E-state index in [-0.39, 0.29) is 0 Å². The van der Waals surface area contributed by atoms with Crippen molar-refractivity contribution in [3.05, 3.63) is 28.6 Å². The van der Waals surface area contributed by atoms with Crippen molar-refractivity contribution >= 4 is 0 Å². The van der Waals surface area contributed by atoms with E-state index in [0.717, 1.165) is 0 Å². The zero-order valence-corrected chi connectivity index (χ0v) is 8.93. The minimum Gasteiger partial charge on any atom is -0.325 e. The quantitative estimate of drug-likeness (QED) is 0.854. The van der Waals surface area contributed by atoms with Gasteiger partial charge in [-0.2, -0.15) is 18.4 Å². The maximum atomic E-state index is 12.8. The Hall–Kier alpha value is -1.75. The molecule has 0 unspecified atom stereocenters. The Morgan fingerprint density at radius 1 is 1.39 bits per heavy atom. The third-order valence-electron chi connectivity index (χ3n) is 2.17. The van der Waals surface area contributed by atoms with Crippen LogP contribution in [0, 0.1) is 11.3 Å². The van der Waals surface area contributed by atoms with Gasteiger partial charge in [-0.15, -0.1) is 0 Å². The predicted molar refractivity (Wildman–Crippen MR) is 51.4 cm³/mol. The molecule has 0 aliphatic rings. The maximum absolute atomic E-state index is 12.8. The first-order valence-electron chi connectivity index (χ1n) is 4.76. The summed E-state index contributed by atoms with van der Waals surface area (Å²) < 4.78 is 63.2. The Morgan fingerprint density at radius 3 is 2.39 bits per heavy atom. The van der Waals surface area contributed by atoms with Gasteiger partial charge in [-0.25, -0.2) is 13.8 Å². The summed E-state index contributed by atoms with van der Waals surface area (Å²) >= 11 is 0. The van der Waals surface area contributed by atoms with Crippen LogP contribution in [0.2, 0.25) is 0 Å². The summed E-state index contributed by atoms with van der Waals surface area (Å²) in [6.45, 7) is -0.631. The minimum atomic E-state index is -4.78. The fraction of sp³-hybridized carbons (Fsp3) is 0.400. The second-order valence-electron chi connectivity index (χ2n) is 3.37. The summed E-state index contributed by atoms with van der Waals surface area (Å²) in [5, 5.41) is 8.45. The zero-order chi connectivity index (χ0) is 13.9. The molecule has 2 N–H and O–H groups in total. The number of pyridine rings is 1. The lowest BCUT2D eigenvalue weighted by Gasteiger charge is -2.16. The number of nitrogens with zero attached hydrogens (tertiary/aromatic N) is 2. The molecule has 0 aliphatic carbocycles. The number of hydrogen-bond donors (Lipinski definition) is 1. The standard InChI is InChI=1S/C10H8F5N3/c11-9(12)6-3-5(1-2-16)8(10(13,14)15)7(4-17)18-6/h3,9H,1,4,17H2. The minimum absolute atomic E-state index is 0.532. The van der Waals surface area contributed by atoms with Crippen molar-refractivity contribution in [2.45, 2.75) is 25.6 Å². The van der Waals surface area contributed by atoms with Crippen molar-refractivity contribution < 1.29 is 22.0 Å². The average Bonchev–Trinajstić information content (AvgIpc) is 2.26. The molecule has 0 saturated heterocycles. The van der Waals surface area contributed by atoms with Crippen molar-refractivity contribution in [3.63, 3.8) is 0 Å². The molecule has 3 nitrogen and oxygen atoms in total. The van der Waals surface area contributed by atoms with Gasteiger partial charge in [0.1, 0.15) is 5.69 Å². The van der Waals surface area contributed by atoms with Gasteiger partial charge >= 0.3 is 6.18 Å². The SMILES string of the molecule is N#CCc1cc(C(F)F)nc(CN)c1C(F)(F)F. The molecular weight excluding hydrogens is 257 g/mol. The number of hydrogen-bond acceptors (Lipinski definition) is 3. The van der Waals surface area contributed by atoms with E-state index < -0.39 is 48.1 Å². The smallest absolute Gasteiger partial charge is 0.325 e. The van der Waals surface area contributed by atoms with Gasteiger partial charge in [-0.3, -0.25) is 0 Å². The lowest BCUT2D eigenvalue weighted by molar-refractivity contribution is -0.139. The molecule has 0 radical (unpaired) electrons. The maximum Gasteiger partial charge on any atom is 0.418 e. The summed E-state index contributed by atoms with van der Waals surface area (Å²) in [6.07, 6.45) is -8.44. The Morgan fingerprint density at radius 2 is 2.00 bits per heavy atom. The number of rotatable bonds is 3. The van der Waals surface area contributed by atoms with Gasteiger partial charge in [-0.1, -0.05) is 0 Å². The Labute approximate surface area is 99.0 Å². The number of nitrogens with two attached hydrogens (primary N) is 1. The van der Waals surface area contributed by atoms with E-state index in [0.29, 0.717) is 6.07 Å². The van der Waals surface area contributed by atoms with E-state index in [2.05, 4.69) is 4.98 Å². The van der Waals surface area contributed by atoms with Crippen molar-refractivity contribution in [1.29, 1.82) is 5.26 Å². The normalized spacial score (nSPS) is 11.7. The molecule has 0 amide bonds. The third-order valence-corrected chi connectivity index (χ3v) is 2.17. The van der Waals surface area contributed by atoms with Crippen LogP contribution in [0.15, 0.2) is 6.07 Å². The lowest BCUT2D eigenvalue weighted by atomic mass is 10.0. The van der Waals surface area contributed by atoms with Gasteiger partial charge in [0.25, 0.3) is 6.43 Å². The largest absolute Gasteiger partial charge is 0.418 e. The van der Waals surface area contributed by atoms with E-state index in [9.17, 15) is 22.0 Å². The number of halogens is 5. The van der Waals surface area contributed by atoms with Gasteiger partial charge in [0.05, 0.1) is 23.7 Å². The summed E-state index contributed by atoms with van der Waals surface area (Å²) in [5.41, 5.74) is 1.87. The van der Waals surface area contributed by atoms with Crippen molar-refractivity contribution in [3.8, 4) is 6.07 Å². The molecular formula is C10H8F5N3. The average molecular weight is 265 g/mol. The zero-order valence-electron chi connectivity index (χ0n) is 8.93. The fourth-order valence-electron chi connectivity index (χ4n) is 1.51. The molecule has 0 bridgehead atoms. The summed E-state index contributed by atoms with van der Waals surface area (Å²) in [6, 6.07) is 2.09. The highest BCUT2D eigenvalue weighted by Crippen LogP contribution is 2.35. The van der Waals surface area contributed by atoms with Crippen LogP contribution in [-0.4, -0.2) is 4.98 Å². The van der Waals surface area contributed by atoms with Crippen LogP contribution in [0.25, 0.3) is 0 Å². The molecule has 1 rings (SSSR count).